The Morgan fingerprint density at radius 2 is 2.19 bits per heavy atom. The van der Waals surface area contributed by atoms with Crippen molar-refractivity contribution in [3.63, 3.8) is 0 Å². The van der Waals surface area contributed by atoms with Crippen molar-refractivity contribution in [2.24, 2.45) is 5.92 Å². The quantitative estimate of drug-likeness (QED) is 0.731. The van der Waals surface area contributed by atoms with Crippen molar-refractivity contribution in [2.45, 2.75) is 39.2 Å². The van der Waals surface area contributed by atoms with Gasteiger partial charge in [0.1, 0.15) is 0 Å². The largest absolute Gasteiger partial charge is 0.355 e. The summed E-state index contributed by atoms with van der Waals surface area (Å²) in [5.74, 6) is 0.537. The molecule has 1 aliphatic heterocycles. The molecule has 0 bridgehead atoms. The Morgan fingerprint density at radius 3 is 2.69 bits per heavy atom. The van der Waals surface area contributed by atoms with Crippen LogP contribution in [0.1, 0.15) is 33.1 Å². The minimum absolute atomic E-state index is 0.00220. The molecule has 0 aromatic heterocycles. The molecule has 0 spiro atoms. The van der Waals surface area contributed by atoms with Gasteiger partial charge in [-0.2, -0.15) is 0 Å². The highest BCUT2D eigenvalue weighted by molar-refractivity contribution is 7.89. The van der Waals surface area contributed by atoms with Gasteiger partial charge in [-0.3, -0.25) is 4.79 Å². The third-order valence-corrected chi connectivity index (χ3v) is 4.04. The van der Waals surface area contributed by atoms with Gasteiger partial charge < -0.3 is 5.32 Å². The molecule has 16 heavy (non-hydrogen) atoms. The molecule has 1 rings (SSSR count). The Hall–Kier alpha value is -0.620. The maximum atomic E-state index is 11.7. The van der Waals surface area contributed by atoms with Gasteiger partial charge in [0.25, 0.3) is 0 Å². The first-order valence-electron chi connectivity index (χ1n) is 5.66. The Kier molecular flexibility index (Phi) is 4.73. The topological polar surface area (TPSA) is 75.3 Å². The van der Waals surface area contributed by atoms with Gasteiger partial charge in [0.05, 0.1) is 5.75 Å². The number of carbonyl (C=O) groups is 1. The predicted molar refractivity (Wildman–Crippen MR) is 62.4 cm³/mol. The van der Waals surface area contributed by atoms with Crippen LogP contribution in [-0.2, 0) is 14.8 Å². The van der Waals surface area contributed by atoms with E-state index in [0.29, 0.717) is 31.7 Å². The predicted octanol–water partition coefficient (Wildman–Crippen LogP) is 0.231. The van der Waals surface area contributed by atoms with Crippen LogP contribution in [0.25, 0.3) is 0 Å². The van der Waals surface area contributed by atoms with Gasteiger partial charge in [-0.1, -0.05) is 13.8 Å². The first-order valence-corrected chi connectivity index (χ1v) is 7.31. The van der Waals surface area contributed by atoms with Crippen LogP contribution in [0.15, 0.2) is 0 Å². The fourth-order valence-corrected chi connectivity index (χ4v) is 3.15. The van der Waals surface area contributed by atoms with Gasteiger partial charge in [-0.05, 0) is 18.8 Å². The molecule has 0 saturated carbocycles. The highest BCUT2D eigenvalue weighted by Gasteiger charge is 2.22. The van der Waals surface area contributed by atoms with E-state index >= 15 is 0 Å². The fourth-order valence-electron chi connectivity index (χ4n) is 1.54. The van der Waals surface area contributed by atoms with Gasteiger partial charge >= 0.3 is 0 Å². The lowest BCUT2D eigenvalue weighted by Gasteiger charge is -2.23. The average Bonchev–Trinajstić information content (AvgIpc) is 2.19. The van der Waals surface area contributed by atoms with Gasteiger partial charge in [0.15, 0.2) is 0 Å². The second kappa shape index (κ2) is 5.63. The minimum atomic E-state index is -3.20. The summed E-state index contributed by atoms with van der Waals surface area (Å²) in [6, 6.07) is -0.144. The van der Waals surface area contributed by atoms with E-state index in [4.69, 9.17) is 0 Å². The number of hydrogen-bond donors (Lipinski definition) is 2. The molecule has 0 aliphatic carbocycles. The third-order valence-electron chi connectivity index (χ3n) is 2.58. The molecule has 1 atom stereocenters. The van der Waals surface area contributed by atoms with Crippen LogP contribution in [0.4, 0.5) is 0 Å². The van der Waals surface area contributed by atoms with E-state index in [9.17, 15) is 13.2 Å². The highest BCUT2D eigenvalue weighted by atomic mass is 32.2. The van der Waals surface area contributed by atoms with E-state index < -0.39 is 10.0 Å². The van der Waals surface area contributed by atoms with Crippen molar-refractivity contribution < 1.29 is 13.2 Å². The summed E-state index contributed by atoms with van der Waals surface area (Å²) in [5, 5.41) is 2.65. The second-order valence-corrected chi connectivity index (χ2v) is 6.53. The molecule has 94 valence electrons. The van der Waals surface area contributed by atoms with Crippen molar-refractivity contribution in [2.75, 3.05) is 12.3 Å². The van der Waals surface area contributed by atoms with E-state index in [1.54, 1.807) is 0 Å². The normalized spacial score (nSPS) is 22.2. The maximum Gasteiger partial charge on any atom is 0.220 e. The molecule has 1 fully saturated rings. The second-order valence-electron chi connectivity index (χ2n) is 4.66. The molecule has 0 radical (unpaired) electrons. The zero-order valence-corrected chi connectivity index (χ0v) is 10.6. The van der Waals surface area contributed by atoms with Crippen molar-refractivity contribution in [1.82, 2.24) is 10.0 Å². The van der Waals surface area contributed by atoms with Crippen LogP contribution in [-0.4, -0.2) is 32.7 Å². The minimum Gasteiger partial charge on any atom is -0.355 e. The van der Waals surface area contributed by atoms with Crippen molar-refractivity contribution in [3.8, 4) is 0 Å². The summed E-state index contributed by atoms with van der Waals surface area (Å²) in [7, 11) is -3.20. The van der Waals surface area contributed by atoms with E-state index in [0.717, 1.165) is 0 Å². The lowest BCUT2D eigenvalue weighted by molar-refractivity contribution is -0.122. The smallest absolute Gasteiger partial charge is 0.220 e. The van der Waals surface area contributed by atoms with E-state index in [2.05, 4.69) is 10.0 Å². The average molecular weight is 248 g/mol. The zero-order valence-electron chi connectivity index (χ0n) is 9.82. The number of piperidine rings is 1. The molecule has 1 unspecified atom stereocenters. The molecule has 0 aromatic rings. The summed E-state index contributed by atoms with van der Waals surface area (Å²) >= 11 is 0. The monoisotopic (exact) mass is 248 g/mol. The Bertz CT molecular complexity index is 328. The lowest BCUT2D eigenvalue weighted by Crippen LogP contribution is -2.48. The van der Waals surface area contributed by atoms with Crippen molar-refractivity contribution in [1.29, 1.82) is 0 Å². The van der Waals surface area contributed by atoms with Gasteiger partial charge in [-0.25, -0.2) is 13.1 Å². The summed E-state index contributed by atoms with van der Waals surface area (Å²) < 4.78 is 26.0. The SMILES string of the molecule is CC(C)CCS(=O)(=O)NC1CCC(=O)NC1. The molecule has 0 aromatic carbocycles. The van der Waals surface area contributed by atoms with Crippen LogP contribution < -0.4 is 10.0 Å². The molecular formula is C10H20N2O3S. The number of nitrogens with one attached hydrogen (secondary N) is 2. The molecule has 1 aliphatic rings. The van der Waals surface area contributed by atoms with E-state index in [-0.39, 0.29) is 17.7 Å². The van der Waals surface area contributed by atoms with Crippen LogP contribution in [0.2, 0.25) is 0 Å². The molecule has 1 heterocycles. The number of amides is 1. The molecule has 5 nitrogen and oxygen atoms in total. The number of rotatable bonds is 5. The number of hydrogen-bond acceptors (Lipinski definition) is 3. The summed E-state index contributed by atoms with van der Waals surface area (Å²) in [4.78, 5) is 10.9. The van der Waals surface area contributed by atoms with Gasteiger partial charge in [0.2, 0.25) is 15.9 Å². The van der Waals surface area contributed by atoms with Crippen molar-refractivity contribution >= 4 is 15.9 Å². The molecule has 1 saturated heterocycles. The summed E-state index contributed by atoms with van der Waals surface area (Å²) in [6.07, 6.45) is 1.65. The van der Waals surface area contributed by atoms with Crippen LogP contribution in [0.3, 0.4) is 0 Å². The Labute approximate surface area is 97.0 Å². The first-order chi connectivity index (χ1) is 7.39. The Morgan fingerprint density at radius 1 is 1.50 bits per heavy atom. The molecule has 6 heteroatoms. The van der Waals surface area contributed by atoms with Gasteiger partial charge in [0, 0.05) is 19.0 Å². The molecular weight excluding hydrogens is 228 g/mol. The zero-order chi connectivity index (χ0) is 12.2. The lowest BCUT2D eigenvalue weighted by atomic mass is 10.1. The summed E-state index contributed by atoms with van der Waals surface area (Å²) in [6.45, 7) is 4.40. The number of carbonyl (C=O) groups excluding carboxylic acids is 1. The third kappa shape index (κ3) is 4.94. The molecule has 2 N–H and O–H groups in total. The maximum absolute atomic E-state index is 11.7. The van der Waals surface area contributed by atoms with E-state index in [1.807, 2.05) is 13.8 Å². The Balaban J connectivity index is 2.37. The van der Waals surface area contributed by atoms with Crippen LogP contribution in [0, 0.1) is 5.92 Å². The first kappa shape index (κ1) is 13.4. The number of sulfonamides is 1. The fraction of sp³-hybridized carbons (Fsp3) is 0.900. The van der Waals surface area contributed by atoms with Gasteiger partial charge in [-0.15, -0.1) is 0 Å². The van der Waals surface area contributed by atoms with Crippen LogP contribution in [0.5, 0.6) is 0 Å². The van der Waals surface area contributed by atoms with Crippen molar-refractivity contribution in [3.05, 3.63) is 0 Å². The summed E-state index contributed by atoms with van der Waals surface area (Å²) in [5.41, 5.74) is 0. The van der Waals surface area contributed by atoms with Crippen LogP contribution >= 0.6 is 0 Å². The van der Waals surface area contributed by atoms with E-state index in [1.165, 1.54) is 0 Å². The standard InChI is InChI=1S/C10H20N2O3S/c1-8(2)5-6-16(14,15)12-9-3-4-10(13)11-7-9/h8-9,12H,3-7H2,1-2H3,(H,11,13). The molecule has 1 amide bonds. The highest BCUT2D eigenvalue weighted by Crippen LogP contribution is 2.07.